The van der Waals surface area contributed by atoms with Gasteiger partial charge in [-0.05, 0) is 42.5 Å². The Labute approximate surface area is 108 Å². The van der Waals surface area contributed by atoms with Crippen molar-refractivity contribution in [1.29, 1.82) is 0 Å². The van der Waals surface area contributed by atoms with Crippen LogP contribution in [-0.4, -0.2) is 24.0 Å². The fraction of sp³-hybridized carbons (Fsp3) is 0.500. The van der Waals surface area contributed by atoms with Crippen LogP contribution in [0, 0.1) is 11.8 Å². The summed E-state index contributed by atoms with van der Waals surface area (Å²) in [6, 6.07) is 7.21. The molecule has 1 aromatic rings. The Hall–Kier alpha value is -1.71. The van der Waals surface area contributed by atoms with E-state index >= 15 is 0 Å². The molecule has 0 aliphatic carbocycles. The van der Waals surface area contributed by atoms with E-state index in [2.05, 4.69) is 19.2 Å². The standard InChI is InChI=1S/C14H21N3O/c1-10-7-8-17(9-11(10)2)14(18)16-13-5-3-12(15)4-6-13/h3-6,10-11H,7-9,15H2,1-2H3,(H,16,18). The number of amides is 2. The minimum atomic E-state index is -0.0153. The van der Waals surface area contributed by atoms with E-state index in [0.29, 0.717) is 17.5 Å². The second kappa shape index (κ2) is 5.29. The highest BCUT2D eigenvalue weighted by atomic mass is 16.2. The minimum absolute atomic E-state index is 0.0153. The van der Waals surface area contributed by atoms with E-state index < -0.39 is 0 Å². The van der Waals surface area contributed by atoms with Gasteiger partial charge in [-0.25, -0.2) is 4.79 Å². The average molecular weight is 247 g/mol. The van der Waals surface area contributed by atoms with Crippen molar-refractivity contribution in [3.05, 3.63) is 24.3 Å². The summed E-state index contributed by atoms with van der Waals surface area (Å²) in [4.78, 5) is 14.0. The number of rotatable bonds is 1. The zero-order valence-electron chi connectivity index (χ0n) is 11.0. The van der Waals surface area contributed by atoms with Crippen LogP contribution in [0.4, 0.5) is 16.2 Å². The molecule has 1 saturated heterocycles. The smallest absolute Gasteiger partial charge is 0.321 e. The van der Waals surface area contributed by atoms with Crippen molar-refractivity contribution in [3.8, 4) is 0 Å². The summed E-state index contributed by atoms with van der Waals surface area (Å²) >= 11 is 0. The summed E-state index contributed by atoms with van der Waals surface area (Å²) in [6.07, 6.45) is 1.08. The lowest BCUT2D eigenvalue weighted by Gasteiger charge is -2.35. The van der Waals surface area contributed by atoms with Gasteiger partial charge < -0.3 is 16.0 Å². The van der Waals surface area contributed by atoms with Crippen LogP contribution in [0.25, 0.3) is 0 Å². The number of piperidine rings is 1. The number of anilines is 2. The van der Waals surface area contributed by atoms with Crippen LogP contribution >= 0.6 is 0 Å². The van der Waals surface area contributed by atoms with E-state index in [9.17, 15) is 4.79 Å². The summed E-state index contributed by atoms with van der Waals surface area (Å²) in [6.45, 7) is 6.13. The van der Waals surface area contributed by atoms with Crippen molar-refractivity contribution in [1.82, 2.24) is 4.90 Å². The maximum Gasteiger partial charge on any atom is 0.321 e. The van der Waals surface area contributed by atoms with Crippen molar-refractivity contribution in [2.75, 3.05) is 24.1 Å². The Kier molecular flexibility index (Phi) is 3.75. The first-order valence-electron chi connectivity index (χ1n) is 6.47. The lowest BCUT2D eigenvalue weighted by Crippen LogP contribution is -2.44. The molecule has 2 amide bonds. The molecular formula is C14H21N3O. The largest absolute Gasteiger partial charge is 0.399 e. The predicted molar refractivity (Wildman–Crippen MR) is 74.4 cm³/mol. The quantitative estimate of drug-likeness (QED) is 0.750. The molecule has 0 saturated carbocycles. The normalized spacial score (nSPS) is 23.8. The fourth-order valence-electron chi connectivity index (χ4n) is 2.22. The number of likely N-dealkylation sites (tertiary alicyclic amines) is 1. The molecule has 0 bridgehead atoms. The molecule has 0 radical (unpaired) electrons. The van der Waals surface area contributed by atoms with Crippen molar-refractivity contribution in [2.24, 2.45) is 11.8 Å². The van der Waals surface area contributed by atoms with Gasteiger partial charge in [-0.15, -0.1) is 0 Å². The molecule has 1 heterocycles. The van der Waals surface area contributed by atoms with Gasteiger partial charge in [0.05, 0.1) is 0 Å². The molecule has 1 aliphatic heterocycles. The summed E-state index contributed by atoms with van der Waals surface area (Å²) in [5, 5.41) is 2.91. The second-order valence-electron chi connectivity index (χ2n) is 5.24. The van der Waals surface area contributed by atoms with Crippen molar-refractivity contribution in [3.63, 3.8) is 0 Å². The van der Waals surface area contributed by atoms with Gasteiger partial charge in [0.15, 0.2) is 0 Å². The van der Waals surface area contributed by atoms with E-state index in [1.54, 1.807) is 12.1 Å². The Morgan fingerprint density at radius 3 is 2.56 bits per heavy atom. The number of benzene rings is 1. The van der Waals surface area contributed by atoms with Gasteiger partial charge in [0.2, 0.25) is 0 Å². The average Bonchev–Trinajstić information content (AvgIpc) is 2.35. The molecule has 4 nitrogen and oxygen atoms in total. The van der Waals surface area contributed by atoms with Gasteiger partial charge in [0, 0.05) is 24.5 Å². The van der Waals surface area contributed by atoms with Crippen LogP contribution in [0.2, 0.25) is 0 Å². The lowest BCUT2D eigenvalue weighted by atomic mass is 9.89. The highest BCUT2D eigenvalue weighted by molar-refractivity contribution is 5.89. The van der Waals surface area contributed by atoms with Crippen LogP contribution < -0.4 is 11.1 Å². The summed E-state index contributed by atoms with van der Waals surface area (Å²) in [5.41, 5.74) is 7.10. The maximum atomic E-state index is 12.1. The SMILES string of the molecule is CC1CCN(C(=O)Nc2ccc(N)cc2)CC1C. The molecule has 4 heteroatoms. The summed E-state index contributed by atoms with van der Waals surface area (Å²) < 4.78 is 0. The molecule has 0 spiro atoms. The third-order valence-electron chi connectivity index (χ3n) is 3.78. The van der Waals surface area contributed by atoms with Gasteiger partial charge >= 0.3 is 6.03 Å². The molecule has 98 valence electrons. The lowest BCUT2D eigenvalue weighted by molar-refractivity contribution is 0.154. The number of hydrogen-bond acceptors (Lipinski definition) is 2. The molecule has 0 aromatic heterocycles. The first-order valence-corrected chi connectivity index (χ1v) is 6.47. The van der Waals surface area contributed by atoms with Gasteiger partial charge in [0.25, 0.3) is 0 Å². The Morgan fingerprint density at radius 2 is 1.94 bits per heavy atom. The molecular weight excluding hydrogens is 226 g/mol. The van der Waals surface area contributed by atoms with Crippen LogP contribution in [0.5, 0.6) is 0 Å². The van der Waals surface area contributed by atoms with Crippen molar-refractivity contribution in [2.45, 2.75) is 20.3 Å². The van der Waals surface area contributed by atoms with Gasteiger partial charge in [-0.1, -0.05) is 13.8 Å². The predicted octanol–water partition coefficient (Wildman–Crippen LogP) is 2.78. The summed E-state index contributed by atoms with van der Waals surface area (Å²) in [5.74, 6) is 1.27. The van der Waals surface area contributed by atoms with Gasteiger partial charge in [-0.2, -0.15) is 0 Å². The minimum Gasteiger partial charge on any atom is -0.399 e. The number of urea groups is 1. The van der Waals surface area contributed by atoms with Crippen LogP contribution in [0.3, 0.4) is 0 Å². The highest BCUT2D eigenvalue weighted by Crippen LogP contribution is 2.23. The van der Waals surface area contributed by atoms with E-state index in [0.717, 1.165) is 25.2 Å². The van der Waals surface area contributed by atoms with E-state index in [1.807, 2.05) is 17.0 Å². The van der Waals surface area contributed by atoms with E-state index in [1.165, 1.54) is 0 Å². The molecule has 2 unspecified atom stereocenters. The molecule has 3 N–H and O–H groups in total. The van der Waals surface area contributed by atoms with Crippen LogP contribution in [-0.2, 0) is 0 Å². The molecule has 2 rings (SSSR count). The monoisotopic (exact) mass is 247 g/mol. The molecule has 1 aromatic carbocycles. The van der Waals surface area contributed by atoms with Crippen LogP contribution in [0.15, 0.2) is 24.3 Å². The zero-order chi connectivity index (χ0) is 13.1. The topological polar surface area (TPSA) is 58.4 Å². The first-order chi connectivity index (χ1) is 8.56. The van der Waals surface area contributed by atoms with Gasteiger partial charge in [-0.3, -0.25) is 0 Å². The van der Waals surface area contributed by atoms with Crippen molar-refractivity contribution >= 4 is 17.4 Å². The Bertz CT molecular complexity index is 416. The molecule has 18 heavy (non-hydrogen) atoms. The third kappa shape index (κ3) is 2.94. The Morgan fingerprint density at radius 1 is 1.28 bits per heavy atom. The number of nitrogen functional groups attached to an aromatic ring is 1. The number of nitrogens with zero attached hydrogens (tertiary/aromatic N) is 1. The first kappa shape index (κ1) is 12.7. The molecule has 2 atom stereocenters. The van der Waals surface area contributed by atoms with Crippen LogP contribution in [0.1, 0.15) is 20.3 Å². The summed E-state index contributed by atoms with van der Waals surface area (Å²) in [7, 11) is 0. The second-order valence-corrected chi connectivity index (χ2v) is 5.24. The van der Waals surface area contributed by atoms with E-state index in [-0.39, 0.29) is 6.03 Å². The molecule has 1 fully saturated rings. The number of carbonyl (C=O) groups excluding carboxylic acids is 1. The van der Waals surface area contributed by atoms with Crippen molar-refractivity contribution < 1.29 is 4.79 Å². The number of nitrogens with two attached hydrogens (primary N) is 1. The molecule has 1 aliphatic rings. The van der Waals surface area contributed by atoms with E-state index in [4.69, 9.17) is 5.73 Å². The zero-order valence-corrected chi connectivity index (χ0v) is 11.0. The maximum absolute atomic E-state index is 12.1. The van der Waals surface area contributed by atoms with Gasteiger partial charge in [0.1, 0.15) is 0 Å². The third-order valence-corrected chi connectivity index (χ3v) is 3.78. The Balaban J connectivity index is 1.94. The number of nitrogens with one attached hydrogen (secondary N) is 1. The number of hydrogen-bond donors (Lipinski definition) is 2. The highest BCUT2D eigenvalue weighted by Gasteiger charge is 2.25. The number of carbonyl (C=O) groups is 1. The fourth-order valence-corrected chi connectivity index (χ4v) is 2.22.